The molecule has 1 aromatic rings. The predicted octanol–water partition coefficient (Wildman–Crippen LogP) is 2.94. The van der Waals surface area contributed by atoms with Crippen molar-refractivity contribution in [3.8, 4) is 6.19 Å². The third-order valence-electron chi connectivity index (χ3n) is 2.07. The number of nitriles is 1. The Morgan fingerprint density at radius 3 is 2.88 bits per heavy atom. The Labute approximate surface area is 111 Å². The van der Waals surface area contributed by atoms with Crippen LogP contribution in [0.3, 0.4) is 0 Å². The molecule has 0 saturated carbocycles. The van der Waals surface area contributed by atoms with Gasteiger partial charge in [0, 0.05) is 29.8 Å². The van der Waals surface area contributed by atoms with E-state index in [4.69, 9.17) is 5.26 Å². The van der Waals surface area contributed by atoms with Crippen LogP contribution in [0.15, 0.2) is 26.3 Å². The van der Waals surface area contributed by atoms with Gasteiger partial charge in [-0.25, -0.2) is 4.98 Å². The summed E-state index contributed by atoms with van der Waals surface area (Å²) in [6, 6.07) is 1.89. The largest absolute Gasteiger partial charge is 0.358 e. The summed E-state index contributed by atoms with van der Waals surface area (Å²) in [6.07, 6.45) is 3.55. The first kappa shape index (κ1) is 13.1. The van der Waals surface area contributed by atoms with Crippen LogP contribution in [0, 0.1) is 11.5 Å². The smallest absolute Gasteiger partial charge is 0.207 e. The minimum absolute atomic E-state index is 0.651. The second-order valence-corrected chi connectivity index (χ2v) is 4.88. The van der Waals surface area contributed by atoms with Crippen molar-refractivity contribution in [1.29, 1.82) is 5.26 Å². The van der Waals surface area contributed by atoms with Gasteiger partial charge in [-0.3, -0.25) is 0 Å². The maximum atomic E-state index is 8.45. The third kappa shape index (κ3) is 3.58. The second-order valence-electron chi connectivity index (χ2n) is 3.21. The monoisotopic (exact) mass is 344 g/mol. The molecule has 4 nitrogen and oxygen atoms in total. The SMILES string of the molecule is CC(=NC#N)N(C)Cc1cnc(Br)cc1Br. The van der Waals surface area contributed by atoms with Gasteiger partial charge in [-0.15, -0.1) is 0 Å². The number of pyridine rings is 1. The molecule has 0 N–H and O–H groups in total. The van der Waals surface area contributed by atoms with Crippen LogP contribution in [0.2, 0.25) is 0 Å². The maximum absolute atomic E-state index is 8.45. The third-order valence-corrected chi connectivity index (χ3v) is 3.24. The van der Waals surface area contributed by atoms with Crippen LogP contribution in [0.1, 0.15) is 12.5 Å². The highest BCUT2D eigenvalue weighted by Crippen LogP contribution is 2.20. The van der Waals surface area contributed by atoms with Crippen molar-refractivity contribution >= 4 is 37.7 Å². The number of rotatable bonds is 2. The molecule has 0 radical (unpaired) electrons. The van der Waals surface area contributed by atoms with Gasteiger partial charge in [0.05, 0.1) is 0 Å². The molecule has 6 heteroatoms. The summed E-state index contributed by atoms with van der Waals surface area (Å²) >= 11 is 6.76. The number of amidine groups is 1. The van der Waals surface area contributed by atoms with Gasteiger partial charge in [-0.1, -0.05) is 15.9 Å². The molecule has 0 amide bonds. The highest BCUT2D eigenvalue weighted by molar-refractivity contribution is 9.11. The highest BCUT2D eigenvalue weighted by atomic mass is 79.9. The molecule has 0 aromatic carbocycles. The van der Waals surface area contributed by atoms with E-state index in [0.29, 0.717) is 12.4 Å². The molecule has 0 aliphatic heterocycles. The van der Waals surface area contributed by atoms with Crippen LogP contribution in [-0.2, 0) is 6.54 Å². The van der Waals surface area contributed by atoms with Gasteiger partial charge in [0.1, 0.15) is 10.4 Å². The summed E-state index contributed by atoms with van der Waals surface area (Å²) in [5.41, 5.74) is 1.04. The van der Waals surface area contributed by atoms with E-state index in [1.54, 1.807) is 19.3 Å². The lowest BCUT2D eigenvalue weighted by Crippen LogP contribution is -2.23. The van der Waals surface area contributed by atoms with Gasteiger partial charge in [-0.05, 0) is 28.9 Å². The molecule has 1 aromatic heterocycles. The maximum Gasteiger partial charge on any atom is 0.207 e. The van der Waals surface area contributed by atoms with Crippen molar-refractivity contribution in [3.05, 3.63) is 26.9 Å². The summed E-state index contributed by atoms with van der Waals surface area (Å²) in [6.45, 7) is 2.45. The van der Waals surface area contributed by atoms with E-state index in [9.17, 15) is 0 Å². The standard InChI is InChI=1S/C10H10Br2N4/c1-7(15-6-13)16(2)5-8-4-14-10(12)3-9(8)11/h3-4H,5H2,1-2H3. The Bertz CT molecular complexity index is 451. The van der Waals surface area contributed by atoms with E-state index in [0.717, 1.165) is 14.6 Å². The van der Waals surface area contributed by atoms with Crippen molar-refractivity contribution < 1.29 is 0 Å². The van der Waals surface area contributed by atoms with Gasteiger partial charge in [-0.2, -0.15) is 10.3 Å². The van der Waals surface area contributed by atoms with Crippen molar-refractivity contribution in [2.75, 3.05) is 7.05 Å². The lowest BCUT2D eigenvalue weighted by atomic mass is 10.2. The van der Waals surface area contributed by atoms with Crippen molar-refractivity contribution in [1.82, 2.24) is 9.88 Å². The molecular weight excluding hydrogens is 336 g/mol. The quantitative estimate of drug-likeness (QED) is 0.358. The van der Waals surface area contributed by atoms with Gasteiger partial charge >= 0.3 is 0 Å². The minimum atomic E-state index is 0.651. The van der Waals surface area contributed by atoms with Crippen LogP contribution in [0.25, 0.3) is 0 Å². The lowest BCUT2D eigenvalue weighted by Gasteiger charge is -2.18. The second kappa shape index (κ2) is 5.97. The van der Waals surface area contributed by atoms with Crippen molar-refractivity contribution in [2.45, 2.75) is 13.5 Å². The van der Waals surface area contributed by atoms with Gasteiger partial charge in [0.15, 0.2) is 0 Å². The Kier molecular flexibility index (Phi) is 4.90. The molecule has 0 atom stereocenters. The fourth-order valence-corrected chi connectivity index (χ4v) is 2.16. The van der Waals surface area contributed by atoms with Crippen LogP contribution in [0.4, 0.5) is 0 Å². The minimum Gasteiger partial charge on any atom is -0.358 e. The molecule has 84 valence electrons. The zero-order chi connectivity index (χ0) is 12.1. The summed E-state index contributed by atoms with van der Waals surface area (Å²) in [5.74, 6) is 0.678. The summed E-state index contributed by atoms with van der Waals surface area (Å²) < 4.78 is 1.76. The molecule has 0 fully saturated rings. The van der Waals surface area contributed by atoms with Crippen molar-refractivity contribution in [2.24, 2.45) is 4.99 Å². The molecule has 0 aliphatic rings. The van der Waals surface area contributed by atoms with E-state index < -0.39 is 0 Å². The molecule has 0 spiro atoms. The van der Waals surface area contributed by atoms with Gasteiger partial charge in [0.2, 0.25) is 6.19 Å². The van der Waals surface area contributed by atoms with Crippen LogP contribution >= 0.6 is 31.9 Å². The number of hydrogen-bond acceptors (Lipinski definition) is 3. The molecule has 16 heavy (non-hydrogen) atoms. The zero-order valence-electron chi connectivity index (χ0n) is 8.91. The highest BCUT2D eigenvalue weighted by Gasteiger charge is 2.06. The summed E-state index contributed by atoms with van der Waals surface area (Å²) in [5, 5.41) is 8.45. The number of aromatic nitrogens is 1. The number of halogens is 2. The van der Waals surface area contributed by atoms with Crippen LogP contribution in [-0.4, -0.2) is 22.8 Å². The van der Waals surface area contributed by atoms with Crippen LogP contribution in [0.5, 0.6) is 0 Å². The predicted molar refractivity (Wildman–Crippen MR) is 69.8 cm³/mol. The first-order chi connectivity index (χ1) is 7.54. The number of hydrogen-bond donors (Lipinski definition) is 0. The van der Waals surface area contributed by atoms with E-state index in [2.05, 4.69) is 41.8 Å². The Balaban J connectivity index is 2.82. The van der Waals surface area contributed by atoms with E-state index in [-0.39, 0.29) is 0 Å². The number of nitrogens with zero attached hydrogens (tertiary/aromatic N) is 4. The Hall–Kier alpha value is -0.930. The molecular formula is C10H10Br2N4. The van der Waals surface area contributed by atoms with Crippen LogP contribution < -0.4 is 0 Å². The Morgan fingerprint density at radius 2 is 2.31 bits per heavy atom. The topological polar surface area (TPSA) is 52.3 Å². The first-order valence-electron chi connectivity index (χ1n) is 4.49. The van der Waals surface area contributed by atoms with Gasteiger partial charge in [0.25, 0.3) is 0 Å². The zero-order valence-corrected chi connectivity index (χ0v) is 12.1. The van der Waals surface area contributed by atoms with E-state index in [1.165, 1.54) is 0 Å². The molecule has 0 aliphatic carbocycles. The molecule has 0 saturated heterocycles. The summed E-state index contributed by atoms with van der Waals surface area (Å²) in [4.78, 5) is 9.71. The van der Waals surface area contributed by atoms with E-state index in [1.807, 2.05) is 18.0 Å². The van der Waals surface area contributed by atoms with Crippen molar-refractivity contribution in [3.63, 3.8) is 0 Å². The van der Waals surface area contributed by atoms with Gasteiger partial charge < -0.3 is 4.90 Å². The first-order valence-corrected chi connectivity index (χ1v) is 6.07. The average molecular weight is 346 g/mol. The molecule has 1 heterocycles. The molecule has 0 unspecified atom stereocenters. The molecule has 1 rings (SSSR count). The average Bonchev–Trinajstić information content (AvgIpc) is 2.22. The number of aliphatic imine (C=N–C) groups is 1. The normalized spacial score (nSPS) is 11.1. The molecule has 0 bridgehead atoms. The van der Waals surface area contributed by atoms with E-state index >= 15 is 0 Å². The fourth-order valence-electron chi connectivity index (χ4n) is 1.08. The fraction of sp³-hybridized carbons (Fsp3) is 0.300. The summed E-state index contributed by atoms with van der Waals surface area (Å²) in [7, 11) is 1.88. The Morgan fingerprint density at radius 1 is 1.62 bits per heavy atom. The lowest BCUT2D eigenvalue weighted by molar-refractivity contribution is 0.495.